The van der Waals surface area contributed by atoms with Crippen molar-refractivity contribution in [1.29, 1.82) is 0 Å². The van der Waals surface area contributed by atoms with E-state index in [0.717, 1.165) is 5.56 Å². The van der Waals surface area contributed by atoms with E-state index in [1.165, 1.54) is 6.08 Å². The minimum Gasteiger partial charge on any atom is -0.444 e. The minimum atomic E-state index is -1.01. The first-order chi connectivity index (χ1) is 9.81. The first-order valence-corrected chi connectivity index (χ1v) is 6.83. The van der Waals surface area contributed by atoms with Crippen molar-refractivity contribution < 1.29 is 19.7 Å². The Morgan fingerprint density at radius 2 is 1.95 bits per heavy atom. The maximum atomic E-state index is 11.6. The number of amides is 1. The molecule has 5 nitrogen and oxygen atoms in total. The second kappa shape index (κ2) is 7.81. The normalized spacial score (nSPS) is 14.7. The van der Waals surface area contributed by atoms with Crippen LogP contribution in [0, 0.1) is 0 Å². The predicted octanol–water partition coefficient (Wildman–Crippen LogP) is 1.95. The van der Waals surface area contributed by atoms with Crippen LogP contribution in [0.15, 0.2) is 36.4 Å². The maximum Gasteiger partial charge on any atom is 0.408 e. The highest BCUT2D eigenvalue weighted by Gasteiger charge is 2.22. The van der Waals surface area contributed by atoms with Crippen LogP contribution in [-0.4, -0.2) is 40.7 Å². The number of benzene rings is 1. The van der Waals surface area contributed by atoms with Gasteiger partial charge in [-0.25, -0.2) is 4.79 Å². The molecule has 0 heterocycles. The Labute approximate surface area is 125 Å². The highest BCUT2D eigenvalue weighted by atomic mass is 16.6. The molecule has 1 aromatic carbocycles. The molecular formula is C16H23NO4. The zero-order valence-electron chi connectivity index (χ0n) is 12.6. The fraction of sp³-hybridized carbons (Fsp3) is 0.438. The zero-order valence-corrected chi connectivity index (χ0v) is 12.6. The molecule has 1 aromatic rings. The number of nitrogens with one attached hydrogen (secondary N) is 1. The molecule has 2 atom stereocenters. The van der Waals surface area contributed by atoms with Crippen molar-refractivity contribution in [2.24, 2.45) is 0 Å². The van der Waals surface area contributed by atoms with Crippen molar-refractivity contribution >= 4 is 12.2 Å². The average Bonchev–Trinajstić information content (AvgIpc) is 2.41. The minimum absolute atomic E-state index is 0.389. The van der Waals surface area contributed by atoms with Crippen LogP contribution in [0.2, 0.25) is 0 Å². The molecule has 0 aliphatic rings. The summed E-state index contributed by atoms with van der Waals surface area (Å²) in [6, 6.07) is 8.62. The summed E-state index contributed by atoms with van der Waals surface area (Å²) in [6.07, 6.45) is 1.56. The molecule has 0 fully saturated rings. The van der Waals surface area contributed by atoms with Crippen molar-refractivity contribution in [2.75, 3.05) is 6.61 Å². The topological polar surface area (TPSA) is 78.8 Å². The fourth-order valence-corrected chi connectivity index (χ4v) is 1.61. The Hall–Kier alpha value is -1.85. The van der Waals surface area contributed by atoms with E-state index in [-0.39, 0.29) is 6.61 Å². The molecule has 0 saturated heterocycles. The molecule has 1 rings (SSSR count). The summed E-state index contributed by atoms with van der Waals surface area (Å²) in [6.45, 7) is 4.84. The van der Waals surface area contributed by atoms with Crippen LogP contribution in [0.5, 0.6) is 0 Å². The molecule has 5 heteroatoms. The van der Waals surface area contributed by atoms with Crippen LogP contribution in [-0.2, 0) is 4.74 Å². The second-order valence-electron chi connectivity index (χ2n) is 5.70. The molecule has 0 radical (unpaired) electrons. The van der Waals surface area contributed by atoms with Crippen LogP contribution in [0.3, 0.4) is 0 Å². The third-order valence-corrected chi connectivity index (χ3v) is 2.60. The van der Waals surface area contributed by atoms with Crippen LogP contribution in [0.1, 0.15) is 26.3 Å². The molecule has 0 bridgehead atoms. The largest absolute Gasteiger partial charge is 0.444 e. The van der Waals surface area contributed by atoms with Gasteiger partial charge in [0, 0.05) is 0 Å². The Morgan fingerprint density at radius 1 is 1.33 bits per heavy atom. The van der Waals surface area contributed by atoms with Crippen LogP contribution < -0.4 is 5.32 Å². The Balaban J connectivity index is 2.59. The number of alkyl carbamates (subject to hydrolysis) is 1. The molecule has 116 valence electrons. The third kappa shape index (κ3) is 6.92. The zero-order chi connectivity index (χ0) is 15.9. The average molecular weight is 293 g/mol. The first-order valence-electron chi connectivity index (χ1n) is 6.83. The summed E-state index contributed by atoms with van der Waals surface area (Å²) >= 11 is 0. The van der Waals surface area contributed by atoms with E-state index < -0.39 is 23.8 Å². The van der Waals surface area contributed by atoms with Gasteiger partial charge in [-0.05, 0) is 26.3 Å². The molecule has 21 heavy (non-hydrogen) atoms. The second-order valence-corrected chi connectivity index (χ2v) is 5.70. The number of aliphatic hydroxyl groups is 2. The third-order valence-electron chi connectivity index (χ3n) is 2.60. The highest BCUT2D eigenvalue weighted by molar-refractivity contribution is 5.68. The number of hydrogen-bond acceptors (Lipinski definition) is 4. The summed E-state index contributed by atoms with van der Waals surface area (Å²) in [5.74, 6) is 0. The molecule has 3 N–H and O–H groups in total. The lowest BCUT2D eigenvalue weighted by Gasteiger charge is -2.24. The Kier molecular flexibility index (Phi) is 6.39. The van der Waals surface area contributed by atoms with Crippen LogP contribution in [0.25, 0.3) is 6.08 Å². The van der Waals surface area contributed by atoms with Crippen molar-refractivity contribution in [3.8, 4) is 0 Å². The van der Waals surface area contributed by atoms with Gasteiger partial charge in [0.05, 0.1) is 18.8 Å². The molecule has 0 saturated carbocycles. The lowest BCUT2D eigenvalue weighted by atomic mass is 10.1. The predicted molar refractivity (Wildman–Crippen MR) is 81.7 cm³/mol. The van der Waals surface area contributed by atoms with Crippen molar-refractivity contribution in [3.63, 3.8) is 0 Å². The number of aliphatic hydroxyl groups excluding tert-OH is 2. The summed E-state index contributed by atoms with van der Waals surface area (Å²) < 4.78 is 5.09. The Bertz CT molecular complexity index is 465. The lowest BCUT2D eigenvalue weighted by molar-refractivity contribution is 0.0406. The molecule has 0 spiro atoms. The number of ether oxygens (including phenoxy) is 1. The fourth-order valence-electron chi connectivity index (χ4n) is 1.61. The SMILES string of the molecule is CC(C)(C)OC(=O)N[C@@H](CO)[C@H](O)/C=C/c1ccccc1. The quantitative estimate of drug-likeness (QED) is 0.775. The number of rotatable bonds is 5. The van der Waals surface area contributed by atoms with Gasteiger partial charge in [-0.2, -0.15) is 0 Å². The van der Waals surface area contributed by atoms with Gasteiger partial charge in [-0.1, -0.05) is 42.5 Å². The van der Waals surface area contributed by atoms with Crippen molar-refractivity contribution in [3.05, 3.63) is 42.0 Å². The molecule has 0 aromatic heterocycles. The van der Waals surface area contributed by atoms with E-state index >= 15 is 0 Å². The van der Waals surface area contributed by atoms with Crippen LogP contribution >= 0.6 is 0 Å². The lowest BCUT2D eigenvalue weighted by Crippen LogP contribution is -2.46. The molecule has 0 aliphatic heterocycles. The van der Waals surface area contributed by atoms with E-state index in [1.807, 2.05) is 30.3 Å². The van der Waals surface area contributed by atoms with Gasteiger partial charge in [-0.3, -0.25) is 0 Å². The van der Waals surface area contributed by atoms with Crippen LogP contribution in [0.4, 0.5) is 4.79 Å². The van der Waals surface area contributed by atoms with Crippen molar-refractivity contribution in [1.82, 2.24) is 5.32 Å². The molecule has 0 aliphatic carbocycles. The number of hydrogen-bond donors (Lipinski definition) is 3. The van der Waals surface area contributed by atoms with E-state index in [1.54, 1.807) is 26.8 Å². The summed E-state index contributed by atoms with van der Waals surface area (Å²) in [5, 5.41) is 21.7. The standard InChI is InChI=1S/C16H23NO4/c1-16(2,3)21-15(20)17-13(11-18)14(19)10-9-12-7-5-4-6-8-12/h4-10,13-14,18-19H,11H2,1-3H3,(H,17,20)/b10-9+/t13-,14+/m0/s1. The summed E-state index contributed by atoms with van der Waals surface area (Å²) in [5.41, 5.74) is 0.292. The molecule has 1 amide bonds. The number of carbonyl (C=O) groups excluding carboxylic acids is 1. The maximum absolute atomic E-state index is 11.6. The van der Waals surface area contributed by atoms with Gasteiger partial charge in [0.25, 0.3) is 0 Å². The first kappa shape index (κ1) is 17.2. The van der Waals surface area contributed by atoms with Gasteiger partial charge in [0.15, 0.2) is 0 Å². The van der Waals surface area contributed by atoms with Gasteiger partial charge >= 0.3 is 6.09 Å². The van der Waals surface area contributed by atoms with E-state index in [9.17, 15) is 15.0 Å². The van der Waals surface area contributed by atoms with Gasteiger partial charge < -0.3 is 20.3 Å². The summed E-state index contributed by atoms with van der Waals surface area (Å²) in [4.78, 5) is 11.6. The molecular weight excluding hydrogens is 270 g/mol. The van der Waals surface area contributed by atoms with Gasteiger partial charge in [0.2, 0.25) is 0 Å². The van der Waals surface area contributed by atoms with Crippen molar-refractivity contribution in [2.45, 2.75) is 38.5 Å². The molecule has 0 unspecified atom stereocenters. The van der Waals surface area contributed by atoms with Gasteiger partial charge in [-0.15, -0.1) is 0 Å². The van der Waals surface area contributed by atoms with E-state index in [4.69, 9.17) is 4.74 Å². The van der Waals surface area contributed by atoms with Gasteiger partial charge in [0.1, 0.15) is 5.60 Å². The number of carbonyl (C=O) groups is 1. The monoisotopic (exact) mass is 293 g/mol. The smallest absolute Gasteiger partial charge is 0.408 e. The van der Waals surface area contributed by atoms with E-state index in [0.29, 0.717) is 0 Å². The Morgan fingerprint density at radius 3 is 2.48 bits per heavy atom. The highest BCUT2D eigenvalue weighted by Crippen LogP contribution is 2.08. The van der Waals surface area contributed by atoms with E-state index in [2.05, 4.69) is 5.32 Å². The summed E-state index contributed by atoms with van der Waals surface area (Å²) in [7, 11) is 0.